The van der Waals surface area contributed by atoms with Crippen LogP contribution in [0.1, 0.15) is 13.3 Å². The molecule has 7 heteroatoms. The van der Waals surface area contributed by atoms with Crippen LogP contribution in [-0.4, -0.2) is 45.7 Å². The maximum atomic E-state index is 10.9. The Morgan fingerprint density at radius 1 is 1.20 bits per heavy atom. The minimum Gasteiger partial charge on any atom is -0.497 e. The molecule has 0 radical (unpaired) electrons. The number of hydrogen-bond acceptors (Lipinski definition) is 6. The summed E-state index contributed by atoms with van der Waals surface area (Å²) in [4.78, 5) is 0. The monoisotopic (exact) mass is 304 g/mol. The van der Waals surface area contributed by atoms with Gasteiger partial charge in [0.05, 0.1) is 32.2 Å². The topological polar surface area (TPSA) is 82.1 Å². The molecule has 1 aromatic rings. The van der Waals surface area contributed by atoms with Crippen molar-refractivity contribution < 1.29 is 27.2 Å². The van der Waals surface area contributed by atoms with Crippen LogP contribution < -0.4 is 9.47 Å². The molecule has 0 aliphatic heterocycles. The van der Waals surface area contributed by atoms with Gasteiger partial charge >= 0.3 is 0 Å². The smallest absolute Gasteiger partial charge is 0.264 e. The highest BCUT2D eigenvalue weighted by Crippen LogP contribution is 2.18. The van der Waals surface area contributed by atoms with Gasteiger partial charge in [-0.05, 0) is 31.2 Å². The molecule has 0 saturated heterocycles. The molecular weight excluding hydrogens is 284 g/mol. The Morgan fingerprint density at radius 2 is 1.75 bits per heavy atom. The minimum absolute atomic E-state index is 0.243. The summed E-state index contributed by atoms with van der Waals surface area (Å²) < 4.78 is 36.8. The maximum absolute atomic E-state index is 10.9. The SMILES string of the molecule is COc1ccc(OCC[C@](C)(O)COS(C)(=O)=O)cc1. The van der Waals surface area contributed by atoms with E-state index in [0.717, 1.165) is 12.0 Å². The van der Waals surface area contributed by atoms with E-state index in [0.29, 0.717) is 5.75 Å². The van der Waals surface area contributed by atoms with E-state index in [1.807, 2.05) is 0 Å². The summed E-state index contributed by atoms with van der Waals surface area (Å²) >= 11 is 0. The average molecular weight is 304 g/mol. The van der Waals surface area contributed by atoms with Crippen molar-refractivity contribution in [1.82, 2.24) is 0 Å². The quantitative estimate of drug-likeness (QED) is 0.727. The van der Waals surface area contributed by atoms with Gasteiger partial charge in [-0.3, -0.25) is 4.18 Å². The molecule has 1 aromatic carbocycles. The zero-order valence-corrected chi connectivity index (χ0v) is 12.6. The van der Waals surface area contributed by atoms with Gasteiger partial charge in [-0.25, -0.2) is 0 Å². The molecule has 1 N–H and O–H groups in total. The van der Waals surface area contributed by atoms with Gasteiger partial charge < -0.3 is 14.6 Å². The third-order valence-corrected chi connectivity index (χ3v) is 3.10. The molecule has 0 aliphatic carbocycles. The maximum Gasteiger partial charge on any atom is 0.264 e. The molecule has 0 heterocycles. The second-order valence-electron chi connectivity index (χ2n) is 4.74. The van der Waals surface area contributed by atoms with Crippen molar-refractivity contribution in [2.75, 3.05) is 26.6 Å². The lowest BCUT2D eigenvalue weighted by atomic mass is 10.1. The third-order valence-electron chi connectivity index (χ3n) is 2.55. The van der Waals surface area contributed by atoms with Gasteiger partial charge in [0.1, 0.15) is 11.5 Å². The summed E-state index contributed by atoms with van der Waals surface area (Å²) in [5.41, 5.74) is -1.27. The molecule has 0 unspecified atom stereocenters. The molecule has 0 aliphatic rings. The average Bonchev–Trinajstić information content (AvgIpc) is 2.37. The molecule has 0 saturated carbocycles. The molecular formula is C13H20O6S. The first-order chi connectivity index (χ1) is 9.22. The number of ether oxygens (including phenoxy) is 2. The van der Waals surface area contributed by atoms with Gasteiger partial charge in [0.15, 0.2) is 0 Å². The molecule has 0 amide bonds. The second-order valence-corrected chi connectivity index (χ2v) is 6.38. The van der Waals surface area contributed by atoms with Gasteiger partial charge in [0, 0.05) is 6.42 Å². The highest BCUT2D eigenvalue weighted by molar-refractivity contribution is 7.85. The van der Waals surface area contributed by atoms with Crippen LogP contribution in [0.5, 0.6) is 11.5 Å². The van der Waals surface area contributed by atoms with Crippen molar-refractivity contribution in [3.63, 3.8) is 0 Å². The normalized spacial score (nSPS) is 14.6. The van der Waals surface area contributed by atoms with Gasteiger partial charge in [-0.1, -0.05) is 0 Å². The highest BCUT2D eigenvalue weighted by atomic mass is 32.2. The van der Waals surface area contributed by atoms with Gasteiger partial charge in [0.2, 0.25) is 0 Å². The van der Waals surface area contributed by atoms with Crippen molar-refractivity contribution >= 4 is 10.1 Å². The van der Waals surface area contributed by atoms with Crippen LogP contribution in [0.15, 0.2) is 24.3 Å². The summed E-state index contributed by atoms with van der Waals surface area (Å²) in [7, 11) is -1.98. The van der Waals surface area contributed by atoms with E-state index in [1.165, 1.54) is 6.92 Å². The van der Waals surface area contributed by atoms with Crippen molar-refractivity contribution in [2.24, 2.45) is 0 Å². The Bertz CT molecular complexity index is 506. The van der Waals surface area contributed by atoms with Crippen LogP contribution in [0.25, 0.3) is 0 Å². The highest BCUT2D eigenvalue weighted by Gasteiger charge is 2.23. The summed E-state index contributed by atoms with van der Waals surface area (Å²) in [6.45, 7) is 1.44. The van der Waals surface area contributed by atoms with Crippen LogP contribution in [0.4, 0.5) is 0 Å². The van der Waals surface area contributed by atoms with Gasteiger partial charge in [0.25, 0.3) is 10.1 Å². The molecule has 0 bridgehead atoms. The Hall–Kier alpha value is -1.31. The van der Waals surface area contributed by atoms with E-state index in [1.54, 1.807) is 31.4 Å². The lowest BCUT2D eigenvalue weighted by Crippen LogP contribution is -2.33. The summed E-state index contributed by atoms with van der Waals surface area (Å²) in [6.07, 6.45) is 1.19. The fourth-order valence-electron chi connectivity index (χ4n) is 1.37. The van der Waals surface area contributed by atoms with Crippen LogP contribution in [-0.2, 0) is 14.3 Å². The van der Waals surface area contributed by atoms with Crippen LogP contribution in [0.2, 0.25) is 0 Å². The molecule has 0 fully saturated rings. The van der Waals surface area contributed by atoms with Crippen molar-refractivity contribution in [1.29, 1.82) is 0 Å². The van der Waals surface area contributed by atoms with E-state index >= 15 is 0 Å². The fraction of sp³-hybridized carbons (Fsp3) is 0.538. The lowest BCUT2D eigenvalue weighted by Gasteiger charge is -2.22. The Kier molecular flexibility index (Phi) is 5.79. The van der Waals surface area contributed by atoms with Crippen LogP contribution >= 0.6 is 0 Å². The molecule has 114 valence electrons. The number of aliphatic hydroxyl groups is 1. The number of rotatable bonds is 8. The van der Waals surface area contributed by atoms with E-state index in [-0.39, 0.29) is 19.6 Å². The predicted octanol–water partition coefficient (Wildman–Crippen LogP) is 1.19. The van der Waals surface area contributed by atoms with Crippen LogP contribution in [0.3, 0.4) is 0 Å². The Balaban J connectivity index is 2.38. The molecule has 1 atom stereocenters. The predicted molar refractivity (Wildman–Crippen MR) is 74.5 cm³/mol. The number of methoxy groups -OCH3 is 1. The van der Waals surface area contributed by atoms with E-state index in [2.05, 4.69) is 4.18 Å². The molecule has 0 aromatic heterocycles. The van der Waals surface area contributed by atoms with E-state index < -0.39 is 15.7 Å². The second kappa shape index (κ2) is 6.92. The zero-order chi connectivity index (χ0) is 15.2. The van der Waals surface area contributed by atoms with Crippen molar-refractivity contribution in [3.8, 4) is 11.5 Å². The first kappa shape index (κ1) is 16.7. The Morgan fingerprint density at radius 3 is 2.25 bits per heavy atom. The first-order valence-corrected chi connectivity index (χ1v) is 7.87. The first-order valence-electron chi connectivity index (χ1n) is 6.05. The summed E-state index contributed by atoms with van der Waals surface area (Å²) in [5.74, 6) is 1.37. The number of benzene rings is 1. The molecule has 0 spiro atoms. The molecule has 1 rings (SSSR count). The van der Waals surface area contributed by atoms with Crippen LogP contribution in [0, 0.1) is 0 Å². The summed E-state index contributed by atoms with van der Waals surface area (Å²) in [6, 6.07) is 7.03. The van der Waals surface area contributed by atoms with Gasteiger partial charge in [-0.15, -0.1) is 0 Å². The van der Waals surface area contributed by atoms with Gasteiger partial charge in [-0.2, -0.15) is 8.42 Å². The van der Waals surface area contributed by atoms with Crippen molar-refractivity contribution in [2.45, 2.75) is 18.9 Å². The Labute approximate surface area is 119 Å². The number of hydrogen-bond donors (Lipinski definition) is 1. The third kappa shape index (κ3) is 6.74. The molecule has 20 heavy (non-hydrogen) atoms. The minimum atomic E-state index is -3.56. The van der Waals surface area contributed by atoms with E-state index in [4.69, 9.17) is 9.47 Å². The standard InChI is InChI=1S/C13H20O6S/c1-13(14,10-19-20(3,15)16)8-9-18-12-6-4-11(17-2)5-7-12/h4-7,14H,8-10H2,1-3H3/t13-/m0/s1. The molecule has 6 nitrogen and oxygen atoms in total. The van der Waals surface area contributed by atoms with Crippen molar-refractivity contribution in [3.05, 3.63) is 24.3 Å². The largest absolute Gasteiger partial charge is 0.497 e. The zero-order valence-electron chi connectivity index (χ0n) is 11.8. The lowest BCUT2D eigenvalue weighted by molar-refractivity contribution is -0.00307. The summed E-state index contributed by atoms with van der Waals surface area (Å²) in [5, 5.41) is 9.95. The van der Waals surface area contributed by atoms with E-state index in [9.17, 15) is 13.5 Å². The fourth-order valence-corrected chi connectivity index (χ4v) is 1.83.